The van der Waals surface area contributed by atoms with Gasteiger partial charge in [0.25, 0.3) is 0 Å². The summed E-state index contributed by atoms with van der Waals surface area (Å²) in [5, 5.41) is 24.9. The summed E-state index contributed by atoms with van der Waals surface area (Å²) in [6.07, 6.45) is 0.195. The molecule has 0 bridgehead atoms. The Labute approximate surface area is 117 Å². The van der Waals surface area contributed by atoms with Crippen LogP contribution < -0.4 is 11.5 Å². The molecule has 0 radical (unpaired) electrons. The van der Waals surface area contributed by atoms with Crippen molar-refractivity contribution in [2.24, 2.45) is 23.5 Å². The van der Waals surface area contributed by atoms with Crippen molar-refractivity contribution in [1.29, 1.82) is 0 Å². The third-order valence-electron chi connectivity index (χ3n) is 4.06. The molecule has 2 saturated carbocycles. The van der Waals surface area contributed by atoms with Gasteiger partial charge >= 0.3 is 11.9 Å². The zero-order valence-electron chi connectivity index (χ0n) is 10.2. The highest BCUT2D eigenvalue weighted by molar-refractivity contribution is 7.99. The molecular formula is C10H13N5O4S. The molecule has 5 atom stereocenters. The van der Waals surface area contributed by atoms with Gasteiger partial charge in [-0.15, -0.1) is 5.10 Å². The van der Waals surface area contributed by atoms with Crippen molar-refractivity contribution in [3.05, 3.63) is 0 Å². The number of carboxylic acid groups (broad SMARTS) is 2. The topological polar surface area (TPSA) is 168 Å². The van der Waals surface area contributed by atoms with Gasteiger partial charge in [0.05, 0.1) is 5.92 Å². The molecule has 20 heavy (non-hydrogen) atoms. The predicted molar refractivity (Wildman–Crippen MR) is 67.7 cm³/mol. The lowest BCUT2D eigenvalue weighted by Crippen LogP contribution is -2.50. The van der Waals surface area contributed by atoms with Gasteiger partial charge in [-0.1, -0.05) is 11.8 Å². The number of hydrogen-bond acceptors (Lipinski definition) is 7. The highest BCUT2D eigenvalue weighted by atomic mass is 32.2. The summed E-state index contributed by atoms with van der Waals surface area (Å²) in [7, 11) is 0. The summed E-state index contributed by atoms with van der Waals surface area (Å²) in [6, 6.07) is 0. The van der Waals surface area contributed by atoms with Gasteiger partial charge in [-0.05, 0) is 12.3 Å². The first kappa shape index (κ1) is 13.2. The number of nitrogens with one attached hydrogen (secondary N) is 1. The molecule has 3 rings (SSSR count). The third kappa shape index (κ3) is 1.75. The number of aliphatic carboxylic acids is 2. The molecular weight excluding hydrogens is 286 g/mol. The van der Waals surface area contributed by atoms with Crippen molar-refractivity contribution in [2.75, 3.05) is 5.73 Å². The summed E-state index contributed by atoms with van der Waals surface area (Å²) < 4.78 is 0. The standard InChI is InChI=1S/C10H13N5O4S/c11-8-13-9(15-14-8)20-2-1-10(12,7(18)19)5-3(2)4(5)6(16)17/h2-5H,1,12H2,(H,16,17)(H,18,19)(H3,11,13,14,15)/t2-,3?,4-,5?,10-/m0/s1. The summed E-state index contributed by atoms with van der Waals surface area (Å²) in [5.74, 6) is -3.52. The Balaban J connectivity index is 1.83. The van der Waals surface area contributed by atoms with Crippen LogP contribution in [0.5, 0.6) is 0 Å². The molecule has 0 amide bonds. The number of nitrogens with zero attached hydrogens (tertiary/aromatic N) is 2. The highest BCUT2D eigenvalue weighted by Crippen LogP contribution is 2.65. The molecule has 2 aliphatic rings. The number of nitrogen functional groups attached to an aromatic ring is 1. The minimum Gasteiger partial charge on any atom is -0.481 e. The first-order chi connectivity index (χ1) is 9.34. The molecule has 2 aliphatic carbocycles. The van der Waals surface area contributed by atoms with Crippen molar-refractivity contribution in [1.82, 2.24) is 15.2 Å². The van der Waals surface area contributed by atoms with Crippen LogP contribution >= 0.6 is 11.8 Å². The van der Waals surface area contributed by atoms with Crippen LogP contribution in [0.25, 0.3) is 0 Å². The van der Waals surface area contributed by atoms with Gasteiger partial charge < -0.3 is 21.7 Å². The number of nitrogens with two attached hydrogens (primary N) is 2. The average molecular weight is 299 g/mol. The van der Waals surface area contributed by atoms with Crippen LogP contribution in [-0.4, -0.2) is 48.1 Å². The first-order valence-electron chi connectivity index (χ1n) is 5.94. The van der Waals surface area contributed by atoms with E-state index in [0.29, 0.717) is 5.16 Å². The van der Waals surface area contributed by atoms with Crippen molar-refractivity contribution in [2.45, 2.75) is 22.4 Å². The fraction of sp³-hybridized carbons (Fsp3) is 0.600. The van der Waals surface area contributed by atoms with E-state index in [2.05, 4.69) is 15.2 Å². The van der Waals surface area contributed by atoms with Gasteiger partial charge in [0, 0.05) is 11.2 Å². The molecule has 1 aromatic rings. The summed E-state index contributed by atoms with van der Waals surface area (Å²) in [5.41, 5.74) is 9.84. The quantitative estimate of drug-likeness (QED) is 0.467. The molecule has 0 spiro atoms. The number of hydrogen-bond donors (Lipinski definition) is 5. The number of fused-ring (bicyclic) bond motifs is 1. The van der Waals surface area contributed by atoms with Crippen LogP contribution in [-0.2, 0) is 9.59 Å². The number of carboxylic acids is 2. The molecule has 2 unspecified atom stereocenters. The van der Waals surface area contributed by atoms with Crippen LogP contribution in [0.2, 0.25) is 0 Å². The second-order valence-corrected chi connectivity index (χ2v) is 6.38. The second kappa shape index (κ2) is 4.09. The molecule has 0 aliphatic heterocycles. The largest absolute Gasteiger partial charge is 0.481 e. The van der Waals surface area contributed by atoms with E-state index >= 15 is 0 Å². The Morgan fingerprint density at radius 1 is 1.45 bits per heavy atom. The van der Waals surface area contributed by atoms with E-state index < -0.39 is 29.3 Å². The number of rotatable bonds is 4. The van der Waals surface area contributed by atoms with Gasteiger partial charge in [-0.3, -0.25) is 9.59 Å². The normalized spacial score (nSPS) is 38.5. The SMILES string of the molecule is Nc1nc(S[C@H]2C[C@@](N)(C(=O)O)C3C2[C@@H]3C(=O)O)n[nH]1. The van der Waals surface area contributed by atoms with Crippen molar-refractivity contribution < 1.29 is 19.8 Å². The highest BCUT2D eigenvalue weighted by Gasteiger charge is 2.74. The van der Waals surface area contributed by atoms with E-state index in [9.17, 15) is 14.7 Å². The van der Waals surface area contributed by atoms with E-state index in [0.717, 1.165) is 0 Å². The maximum absolute atomic E-state index is 11.3. The number of thioether (sulfide) groups is 1. The minimum absolute atomic E-state index is 0.157. The number of H-pyrrole nitrogens is 1. The zero-order chi connectivity index (χ0) is 14.7. The van der Waals surface area contributed by atoms with Crippen LogP contribution in [0.3, 0.4) is 0 Å². The van der Waals surface area contributed by atoms with Gasteiger partial charge in [0.2, 0.25) is 11.1 Å². The smallest absolute Gasteiger partial charge is 0.324 e. The fourth-order valence-electron chi connectivity index (χ4n) is 3.18. The number of carbonyl (C=O) groups is 2. The van der Waals surface area contributed by atoms with Crippen molar-refractivity contribution in [3.63, 3.8) is 0 Å². The molecule has 108 valence electrons. The summed E-state index contributed by atoms with van der Waals surface area (Å²) >= 11 is 1.22. The van der Waals surface area contributed by atoms with E-state index in [-0.39, 0.29) is 23.5 Å². The van der Waals surface area contributed by atoms with E-state index in [1.165, 1.54) is 11.8 Å². The Morgan fingerprint density at radius 2 is 2.15 bits per heavy atom. The Bertz CT molecular complexity index is 592. The molecule has 1 heterocycles. The van der Waals surface area contributed by atoms with E-state index in [1.807, 2.05) is 0 Å². The van der Waals surface area contributed by atoms with Crippen LogP contribution in [0.1, 0.15) is 6.42 Å². The second-order valence-electron chi connectivity index (χ2n) is 5.18. The van der Waals surface area contributed by atoms with Crippen LogP contribution in [0, 0.1) is 17.8 Å². The third-order valence-corrected chi connectivity index (χ3v) is 5.24. The lowest BCUT2D eigenvalue weighted by Gasteiger charge is -2.23. The van der Waals surface area contributed by atoms with Crippen molar-refractivity contribution >= 4 is 29.6 Å². The summed E-state index contributed by atoms with van der Waals surface area (Å²) in [6.45, 7) is 0. The van der Waals surface area contributed by atoms with Crippen molar-refractivity contribution in [3.8, 4) is 0 Å². The molecule has 0 saturated heterocycles. The van der Waals surface area contributed by atoms with Gasteiger partial charge in [-0.2, -0.15) is 4.98 Å². The number of aromatic nitrogens is 3. The lowest BCUT2D eigenvalue weighted by molar-refractivity contribution is -0.145. The Hall–Kier alpha value is -1.81. The molecule has 10 heteroatoms. The maximum atomic E-state index is 11.3. The van der Waals surface area contributed by atoms with Gasteiger partial charge in [0.15, 0.2) is 0 Å². The van der Waals surface area contributed by atoms with Gasteiger partial charge in [0.1, 0.15) is 5.54 Å². The predicted octanol–water partition coefficient (Wildman–Crippen LogP) is -1.02. The number of aromatic amines is 1. The minimum atomic E-state index is -1.49. The Kier molecular flexibility index (Phi) is 2.70. The van der Waals surface area contributed by atoms with E-state index in [4.69, 9.17) is 16.6 Å². The fourth-order valence-corrected chi connectivity index (χ4v) is 4.56. The first-order valence-corrected chi connectivity index (χ1v) is 6.82. The maximum Gasteiger partial charge on any atom is 0.324 e. The lowest BCUT2D eigenvalue weighted by atomic mass is 9.91. The number of anilines is 1. The van der Waals surface area contributed by atoms with Crippen LogP contribution in [0.4, 0.5) is 5.95 Å². The van der Waals surface area contributed by atoms with E-state index in [1.54, 1.807) is 0 Å². The van der Waals surface area contributed by atoms with Crippen LogP contribution in [0.15, 0.2) is 5.16 Å². The monoisotopic (exact) mass is 299 g/mol. The molecule has 7 N–H and O–H groups in total. The molecule has 1 aromatic heterocycles. The molecule has 9 nitrogen and oxygen atoms in total. The Morgan fingerprint density at radius 3 is 2.65 bits per heavy atom. The average Bonchev–Trinajstić information content (AvgIpc) is 2.90. The summed E-state index contributed by atoms with van der Waals surface area (Å²) in [4.78, 5) is 26.4. The zero-order valence-corrected chi connectivity index (χ0v) is 11.0. The molecule has 0 aromatic carbocycles. The molecule has 2 fully saturated rings. The van der Waals surface area contributed by atoms with Gasteiger partial charge in [-0.25, -0.2) is 5.10 Å².